The van der Waals surface area contributed by atoms with Crippen molar-refractivity contribution < 1.29 is 29.3 Å². The molecule has 3 N–H and O–H groups in total. The Kier molecular flexibility index (Phi) is 6.20. The van der Waals surface area contributed by atoms with Crippen LogP contribution in [0.25, 0.3) is 0 Å². The summed E-state index contributed by atoms with van der Waals surface area (Å²) in [6, 6.07) is 4.41. The molecule has 134 valence electrons. The van der Waals surface area contributed by atoms with E-state index in [0.717, 1.165) is 0 Å². The number of hydrogen-bond acceptors (Lipinski definition) is 6. The van der Waals surface area contributed by atoms with Gasteiger partial charge in [0.2, 0.25) is 0 Å². The molecule has 7 heteroatoms. The van der Waals surface area contributed by atoms with Crippen LogP contribution < -0.4 is 10.1 Å². The smallest absolute Gasteiger partial charge is 0.347 e. The fourth-order valence-corrected chi connectivity index (χ4v) is 1.78. The zero-order valence-electron chi connectivity index (χ0n) is 14.7. The number of phenolic OH excluding ortho intramolecular Hbond substituents is 1. The van der Waals surface area contributed by atoms with Crippen molar-refractivity contribution in [2.24, 2.45) is 0 Å². The molecule has 0 fully saturated rings. The fraction of sp³-hybridized carbons (Fsp3) is 0.529. The number of carboxylic acids is 1. The third kappa shape index (κ3) is 6.45. The second-order valence-electron chi connectivity index (χ2n) is 6.90. The summed E-state index contributed by atoms with van der Waals surface area (Å²) < 4.78 is 10.7. The molecule has 1 aromatic carbocycles. The first-order valence-corrected chi connectivity index (χ1v) is 7.57. The van der Waals surface area contributed by atoms with Crippen molar-refractivity contribution in [1.29, 1.82) is 0 Å². The molecule has 0 radical (unpaired) electrons. The van der Waals surface area contributed by atoms with Crippen molar-refractivity contribution in [2.75, 3.05) is 6.54 Å². The molecule has 24 heavy (non-hydrogen) atoms. The lowest BCUT2D eigenvalue weighted by atomic mass is 10.1. The van der Waals surface area contributed by atoms with E-state index in [1.54, 1.807) is 26.8 Å². The zero-order chi connectivity index (χ0) is 18.5. The first-order chi connectivity index (χ1) is 10.9. The molecule has 0 heterocycles. The third-order valence-corrected chi connectivity index (χ3v) is 2.94. The van der Waals surface area contributed by atoms with Crippen LogP contribution in [0.3, 0.4) is 0 Å². The van der Waals surface area contributed by atoms with Crippen LogP contribution in [0.5, 0.6) is 11.5 Å². The van der Waals surface area contributed by atoms with Gasteiger partial charge < -0.3 is 25.0 Å². The number of hydrogen-bond donors (Lipinski definition) is 3. The molecule has 0 aliphatic rings. The maximum absolute atomic E-state index is 11.7. The summed E-state index contributed by atoms with van der Waals surface area (Å²) in [5, 5.41) is 21.7. The number of esters is 1. The number of aliphatic carboxylic acids is 1. The molecule has 0 amide bonds. The molecule has 7 nitrogen and oxygen atoms in total. The van der Waals surface area contributed by atoms with E-state index in [1.165, 1.54) is 26.0 Å². The van der Waals surface area contributed by atoms with Gasteiger partial charge >= 0.3 is 11.9 Å². The Balaban J connectivity index is 2.75. The van der Waals surface area contributed by atoms with Crippen molar-refractivity contribution >= 4 is 11.9 Å². The van der Waals surface area contributed by atoms with Crippen LogP contribution in [0.4, 0.5) is 0 Å². The van der Waals surface area contributed by atoms with Gasteiger partial charge in [0.1, 0.15) is 17.1 Å². The van der Waals surface area contributed by atoms with Crippen LogP contribution in [0.15, 0.2) is 18.2 Å². The average Bonchev–Trinajstić information content (AvgIpc) is 2.38. The average molecular weight is 339 g/mol. The summed E-state index contributed by atoms with van der Waals surface area (Å²) in [5.74, 6) is -1.32. The number of phenols is 1. The largest absolute Gasteiger partial charge is 0.508 e. The van der Waals surface area contributed by atoms with Crippen LogP contribution in [0, 0.1) is 0 Å². The molecule has 1 rings (SSSR count). The zero-order valence-corrected chi connectivity index (χ0v) is 14.7. The Labute approximate surface area is 141 Å². The molecule has 0 atom stereocenters. The van der Waals surface area contributed by atoms with Gasteiger partial charge in [0, 0.05) is 18.2 Å². The van der Waals surface area contributed by atoms with Crippen LogP contribution >= 0.6 is 0 Å². The van der Waals surface area contributed by atoms with E-state index in [9.17, 15) is 14.7 Å². The van der Waals surface area contributed by atoms with Crippen molar-refractivity contribution in [1.82, 2.24) is 5.32 Å². The third-order valence-electron chi connectivity index (χ3n) is 2.94. The highest BCUT2D eigenvalue weighted by Crippen LogP contribution is 2.27. The summed E-state index contributed by atoms with van der Waals surface area (Å²) in [4.78, 5) is 22.9. The molecule has 0 saturated carbocycles. The Morgan fingerprint density at radius 2 is 1.79 bits per heavy atom. The Morgan fingerprint density at radius 3 is 2.33 bits per heavy atom. The van der Waals surface area contributed by atoms with Gasteiger partial charge in [0.25, 0.3) is 0 Å². The SMILES string of the molecule is CC(C)(C)OC(=O)CNCc1ccc(O)cc1OC(C)(C)C(=O)O. The minimum absolute atomic E-state index is 0.0000894. The number of ether oxygens (including phenoxy) is 2. The number of aromatic hydroxyl groups is 1. The van der Waals surface area contributed by atoms with E-state index in [4.69, 9.17) is 14.6 Å². The number of benzene rings is 1. The monoisotopic (exact) mass is 339 g/mol. The predicted molar refractivity (Wildman–Crippen MR) is 88.0 cm³/mol. The standard InChI is InChI=1S/C17H25NO6/c1-16(2,3)24-14(20)10-18-9-11-6-7-12(19)8-13(11)23-17(4,5)15(21)22/h6-8,18-19H,9-10H2,1-5H3,(H,21,22). The maximum Gasteiger partial charge on any atom is 0.347 e. The van der Waals surface area contributed by atoms with Gasteiger partial charge in [-0.1, -0.05) is 6.07 Å². The molecule has 0 unspecified atom stereocenters. The summed E-state index contributed by atoms with van der Waals surface area (Å²) in [5.41, 5.74) is -1.39. The van der Waals surface area contributed by atoms with Crippen molar-refractivity contribution in [3.8, 4) is 11.5 Å². The van der Waals surface area contributed by atoms with Gasteiger partial charge in [-0.15, -0.1) is 0 Å². The van der Waals surface area contributed by atoms with E-state index in [0.29, 0.717) is 5.56 Å². The van der Waals surface area contributed by atoms with E-state index >= 15 is 0 Å². The summed E-state index contributed by atoms with van der Waals surface area (Å²) in [7, 11) is 0. The molecule has 0 saturated heterocycles. The maximum atomic E-state index is 11.7. The molecular formula is C17H25NO6. The van der Waals surface area contributed by atoms with Crippen LogP contribution in [-0.4, -0.2) is 39.9 Å². The molecule has 0 aliphatic carbocycles. The number of carbonyl (C=O) groups is 2. The molecule has 0 spiro atoms. The quantitative estimate of drug-likeness (QED) is 0.653. The normalized spacial score (nSPS) is 11.9. The molecule has 0 bridgehead atoms. The number of carboxylic acid groups (broad SMARTS) is 1. The van der Waals surface area contributed by atoms with Gasteiger partial charge in [-0.05, 0) is 40.7 Å². The van der Waals surface area contributed by atoms with Gasteiger partial charge in [0.05, 0.1) is 6.54 Å². The Bertz CT molecular complexity index is 604. The van der Waals surface area contributed by atoms with E-state index < -0.39 is 23.1 Å². The lowest BCUT2D eigenvalue weighted by Crippen LogP contribution is -2.38. The fourth-order valence-electron chi connectivity index (χ4n) is 1.78. The molecule has 0 aliphatic heterocycles. The number of nitrogens with one attached hydrogen (secondary N) is 1. The van der Waals surface area contributed by atoms with Crippen molar-refractivity contribution in [2.45, 2.75) is 52.4 Å². The van der Waals surface area contributed by atoms with E-state index in [1.807, 2.05) is 0 Å². The molecule has 0 aromatic heterocycles. The van der Waals surface area contributed by atoms with Crippen LogP contribution in [0.1, 0.15) is 40.2 Å². The highest BCUT2D eigenvalue weighted by molar-refractivity contribution is 5.77. The van der Waals surface area contributed by atoms with Crippen LogP contribution in [0.2, 0.25) is 0 Å². The lowest BCUT2D eigenvalue weighted by molar-refractivity contribution is -0.153. The summed E-state index contributed by atoms with van der Waals surface area (Å²) in [6.07, 6.45) is 0. The van der Waals surface area contributed by atoms with E-state index in [-0.39, 0.29) is 24.6 Å². The second-order valence-corrected chi connectivity index (χ2v) is 6.90. The molecular weight excluding hydrogens is 314 g/mol. The summed E-state index contributed by atoms with van der Waals surface area (Å²) in [6.45, 7) is 8.43. The second kappa shape index (κ2) is 7.53. The van der Waals surface area contributed by atoms with Gasteiger partial charge in [-0.2, -0.15) is 0 Å². The summed E-state index contributed by atoms with van der Waals surface area (Å²) >= 11 is 0. The first-order valence-electron chi connectivity index (χ1n) is 7.57. The topological polar surface area (TPSA) is 105 Å². The minimum Gasteiger partial charge on any atom is -0.508 e. The van der Waals surface area contributed by atoms with Crippen LogP contribution in [-0.2, 0) is 20.9 Å². The van der Waals surface area contributed by atoms with Gasteiger partial charge in [-0.25, -0.2) is 4.79 Å². The number of carbonyl (C=O) groups excluding carboxylic acids is 1. The van der Waals surface area contributed by atoms with Gasteiger partial charge in [0.15, 0.2) is 5.60 Å². The first kappa shape index (κ1) is 19.8. The Hall–Kier alpha value is -2.28. The highest BCUT2D eigenvalue weighted by atomic mass is 16.6. The van der Waals surface area contributed by atoms with Crippen molar-refractivity contribution in [3.05, 3.63) is 23.8 Å². The van der Waals surface area contributed by atoms with Gasteiger partial charge in [-0.3, -0.25) is 4.79 Å². The van der Waals surface area contributed by atoms with Crippen molar-refractivity contribution in [3.63, 3.8) is 0 Å². The highest BCUT2D eigenvalue weighted by Gasteiger charge is 2.30. The molecule has 1 aromatic rings. The number of rotatable bonds is 7. The van der Waals surface area contributed by atoms with E-state index in [2.05, 4.69) is 5.32 Å². The predicted octanol–water partition coefficient (Wildman–Crippen LogP) is 2.07. The minimum atomic E-state index is -1.45. The Morgan fingerprint density at radius 1 is 1.17 bits per heavy atom. The lowest BCUT2D eigenvalue weighted by Gasteiger charge is -2.23.